The van der Waals surface area contributed by atoms with Crippen LogP contribution in [0.1, 0.15) is 18.9 Å². The molecule has 0 unspecified atom stereocenters. The quantitative estimate of drug-likeness (QED) is 0.353. The number of ether oxygens (including phenoxy) is 1. The van der Waals surface area contributed by atoms with Crippen molar-refractivity contribution in [1.82, 2.24) is 5.43 Å². The Bertz CT molecular complexity index is 379. The summed E-state index contributed by atoms with van der Waals surface area (Å²) in [7, 11) is 1.49. The van der Waals surface area contributed by atoms with Gasteiger partial charge >= 0.3 is 0 Å². The summed E-state index contributed by atoms with van der Waals surface area (Å²) in [6.45, 7) is 2.59. The number of methoxy groups -OCH3 is 1. The largest absolute Gasteiger partial charge is 0.497 e. The van der Waals surface area contributed by atoms with Crippen molar-refractivity contribution in [1.29, 1.82) is 0 Å². The Morgan fingerprint density at radius 1 is 1.56 bits per heavy atom. The average molecular weight is 225 g/mol. The van der Waals surface area contributed by atoms with Crippen LogP contribution in [0.25, 0.3) is 0 Å². The molecule has 5 heteroatoms. The highest BCUT2D eigenvalue weighted by Gasteiger charge is 2.09. The third kappa shape index (κ3) is 2.93. The van der Waals surface area contributed by atoms with Gasteiger partial charge < -0.3 is 10.2 Å². The van der Waals surface area contributed by atoms with Crippen LogP contribution in [0.15, 0.2) is 23.2 Å². The number of nitrogens with one attached hydrogen (secondary N) is 1. The smallest absolute Gasteiger partial charge is 0.145 e. The summed E-state index contributed by atoms with van der Waals surface area (Å²) in [4.78, 5) is 4.15. The van der Waals surface area contributed by atoms with Gasteiger partial charge in [-0.05, 0) is 18.6 Å². The molecule has 0 heterocycles. The number of amidine groups is 1. The first-order valence-corrected chi connectivity index (χ1v) is 5.08. The van der Waals surface area contributed by atoms with Crippen molar-refractivity contribution in [3.05, 3.63) is 29.6 Å². The van der Waals surface area contributed by atoms with Crippen LogP contribution in [0, 0.1) is 5.82 Å². The molecule has 3 N–H and O–H groups in total. The Balaban J connectivity index is 3.01. The molecule has 0 radical (unpaired) electrons. The summed E-state index contributed by atoms with van der Waals surface area (Å²) < 4.78 is 18.6. The average Bonchev–Trinajstić information content (AvgIpc) is 2.31. The van der Waals surface area contributed by atoms with Crippen molar-refractivity contribution < 1.29 is 9.13 Å². The fourth-order valence-electron chi connectivity index (χ4n) is 1.25. The summed E-state index contributed by atoms with van der Waals surface area (Å²) in [5.74, 6) is 5.71. The van der Waals surface area contributed by atoms with Crippen LogP contribution in [0.2, 0.25) is 0 Å². The lowest BCUT2D eigenvalue weighted by atomic mass is 10.2. The van der Waals surface area contributed by atoms with E-state index in [0.717, 1.165) is 6.42 Å². The Kier molecular flexibility index (Phi) is 4.72. The molecule has 0 saturated carbocycles. The van der Waals surface area contributed by atoms with E-state index in [2.05, 4.69) is 10.4 Å². The Labute approximate surface area is 94.3 Å². The minimum Gasteiger partial charge on any atom is -0.497 e. The maximum Gasteiger partial charge on any atom is 0.145 e. The Hall–Kier alpha value is -1.62. The summed E-state index contributed by atoms with van der Waals surface area (Å²) in [5, 5.41) is 0. The van der Waals surface area contributed by atoms with Crippen molar-refractivity contribution in [3.8, 4) is 5.75 Å². The Morgan fingerprint density at radius 3 is 2.81 bits per heavy atom. The van der Waals surface area contributed by atoms with E-state index in [1.807, 2.05) is 6.92 Å². The minimum absolute atomic E-state index is 0.344. The number of hydrogen-bond acceptors (Lipinski definition) is 3. The van der Waals surface area contributed by atoms with Gasteiger partial charge in [0.15, 0.2) is 0 Å². The maximum atomic E-state index is 13.6. The first-order valence-electron chi connectivity index (χ1n) is 5.08. The van der Waals surface area contributed by atoms with Gasteiger partial charge in [-0.2, -0.15) is 0 Å². The third-order valence-electron chi connectivity index (χ3n) is 2.06. The van der Waals surface area contributed by atoms with Gasteiger partial charge in [-0.15, -0.1) is 0 Å². The molecule has 0 aliphatic heterocycles. The van der Waals surface area contributed by atoms with Crippen LogP contribution in [0.5, 0.6) is 5.75 Å². The number of benzene rings is 1. The lowest BCUT2D eigenvalue weighted by molar-refractivity contribution is 0.411. The molecule has 0 aromatic heterocycles. The molecule has 88 valence electrons. The number of nitrogens with two attached hydrogens (primary N) is 1. The molecular weight excluding hydrogens is 209 g/mol. The summed E-state index contributed by atoms with van der Waals surface area (Å²) in [6, 6.07) is 4.55. The van der Waals surface area contributed by atoms with Crippen molar-refractivity contribution in [2.45, 2.75) is 13.3 Å². The number of nitrogens with zero attached hydrogens (tertiary/aromatic N) is 1. The van der Waals surface area contributed by atoms with Crippen LogP contribution >= 0.6 is 0 Å². The standard InChI is InChI=1S/C11H16FN3O/c1-3-6-14-11(15-13)9-5-4-8(16-2)7-10(9)12/h4-5,7H,3,6,13H2,1-2H3,(H,14,15). The third-order valence-corrected chi connectivity index (χ3v) is 2.06. The molecule has 4 nitrogen and oxygen atoms in total. The number of halogens is 1. The number of hydrogen-bond donors (Lipinski definition) is 2. The summed E-state index contributed by atoms with van der Waals surface area (Å²) >= 11 is 0. The second-order valence-electron chi connectivity index (χ2n) is 3.22. The monoisotopic (exact) mass is 225 g/mol. The first-order chi connectivity index (χ1) is 7.72. The van der Waals surface area contributed by atoms with Gasteiger partial charge in [-0.25, -0.2) is 10.2 Å². The van der Waals surface area contributed by atoms with Crippen molar-refractivity contribution >= 4 is 5.84 Å². The highest BCUT2D eigenvalue weighted by Crippen LogP contribution is 2.16. The zero-order valence-electron chi connectivity index (χ0n) is 9.46. The van der Waals surface area contributed by atoms with Crippen molar-refractivity contribution in [2.24, 2.45) is 10.8 Å². The maximum absolute atomic E-state index is 13.6. The van der Waals surface area contributed by atoms with Gasteiger partial charge in [0, 0.05) is 12.6 Å². The van der Waals surface area contributed by atoms with E-state index in [0.29, 0.717) is 23.7 Å². The lowest BCUT2D eigenvalue weighted by Crippen LogP contribution is -2.32. The van der Waals surface area contributed by atoms with Crippen LogP contribution < -0.4 is 16.0 Å². The molecule has 0 spiro atoms. The lowest BCUT2D eigenvalue weighted by Gasteiger charge is -2.08. The van der Waals surface area contributed by atoms with E-state index in [1.54, 1.807) is 12.1 Å². The highest BCUT2D eigenvalue weighted by molar-refractivity contribution is 5.98. The fourth-order valence-corrected chi connectivity index (χ4v) is 1.25. The molecule has 0 bridgehead atoms. The number of hydrazine groups is 1. The molecule has 1 aromatic rings. The molecule has 0 atom stereocenters. The van der Waals surface area contributed by atoms with Crippen molar-refractivity contribution in [2.75, 3.05) is 13.7 Å². The molecular formula is C11H16FN3O. The molecule has 0 saturated heterocycles. The molecule has 16 heavy (non-hydrogen) atoms. The van der Waals surface area contributed by atoms with E-state index in [4.69, 9.17) is 10.6 Å². The summed E-state index contributed by atoms with van der Waals surface area (Å²) in [6.07, 6.45) is 0.878. The van der Waals surface area contributed by atoms with Gasteiger partial charge in [-0.1, -0.05) is 6.92 Å². The predicted octanol–water partition coefficient (Wildman–Crippen LogP) is 1.45. The van der Waals surface area contributed by atoms with Gasteiger partial charge in [0.2, 0.25) is 0 Å². The van der Waals surface area contributed by atoms with Crippen LogP contribution in [0.3, 0.4) is 0 Å². The molecule has 0 aliphatic rings. The zero-order valence-corrected chi connectivity index (χ0v) is 9.46. The Morgan fingerprint density at radius 2 is 2.31 bits per heavy atom. The normalized spacial score (nSPS) is 11.4. The van der Waals surface area contributed by atoms with E-state index in [1.165, 1.54) is 13.2 Å². The van der Waals surface area contributed by atoms with Gasteiger partial charge in [0.25, 0.3) is 0 Å². The van der Waals surface area contributed by atoms with E-state index in [-0.39, 0.29) is 0 Å². The van der Waals surface area contributed by atoms with Gasteiger partial charge in [0.05, 0.1) is 12.7 Å². The van der Waals surface area contributed by atoms with Crippen LogP contribution in [-0.4, -0.2) is 19.5 Å². The first kappa shape index (κ1) is 12.4. The zero-order chi connectivity index (χ0) is 12.0. The molecule has 0 fully saturated rings. The number of aliphatic imine (C=N–C) groups is 1. The van der Waals surface area contributed by atoms with Gasteiger partial charge in [-0.3, -0.25) is 4.99 Å². The second kappa shape index (κ2) is 6.07. The molecule has 0 amide bonds. The minimum atomic E-state index is -0.410. The molecule has 0 aliphatic carbocycles. The van der Waals surface area contributed by atoms with Crippen molar-refractivity contribution in [3.63, 3.8) is 0 Å². The summed E-state index contributed by atoms with van der Waals surface area (Å²) in [5.41, 5.74) is 2.74. The SMILES string of the molecule is CCCN=C(NN)c1ccc(OC)cc1F. The fraction of sp³-hybridized carbons (Fsp3) is 0.364. The second-order valence-corrected chi connectivity index (χ2v) is 3.22. The van der Waals surface area contributed by atoms with E-state index >= 15 is 0 Å². The number of rotatable bonds is 4. The van der Waals surface area contributed by atoms with E-state index < -0.39 is 5.82 Å². The highest BCUT2D eigenvalue weighted by atomic mass is 19.1. The van der Waals surface area contributed by atoms with Crippen LogP contribution in [0.4, 0.5) is 4.39 Å². The predicted molar refractivity (Wildman–Crippen MR) is 62.0 cm³/mol. The molecule has 1 rings (SSSR count). The molecule has 1 aromatic carbocycles. The topological polar surface area (TPSA) is 59.6 Å². The van der Waals surface area contributed by atoms with Crippen LogP contribution in [-0.2, 0) is 0 Å². The van der Waals surface area contributed by atoms with Gasteiger partial charge in [0.1, 0.15) is 17.4 Å². The van der Waals surface area contributed by atoms with E-state index in [9.17, 15) is 4.39 Å².